The number of aromatic nitrogens is 4. The van der Waals surface area contributed by atoms with Crippen molar-refractivity contribution in [2.24, 2.45) is 5.92 Å². The Kier molecular flexibility index (Phi) is 16.2. The van der Waals surface area contributed by atoms with Crippen molar-refractivity contribution in [2.75, 3.05) is 12.4 Å². The van der Waals surface area contributed by atoms with E-state index in [-0.39, 0.29) is 43.5 Å². The van der Waals surface area contributed by atoms with Gasteiger partial charge in [-0.2, -0.15) is 4.68 Å². The van der Waals surface area contributed by atoms with Crippen molar-refractivity contribution in [3.05, 3.63) is 95.1 Å². The van der Waals surface area contributed by atoms with Crippen LogP contribution in [-0.4, -0.2) is 108 Å². The molecule has 2 saturated heterocycles. The van der Waals surface area contributed by atoms with Gasteiger partial charge in [-0.3, -0.25) is 19.2 Å². The second-order valence-electron chi connectivity index (χ2n) is 15.0. The van der Waals surface area contributed by atoms with Crippen molar-refractivity contribution >= 4 is 52.8 Å². The third-order valence-electron chi connectivity index (χ3n) is 10.3. The first-order valence-electron chi connectivity index (χ1n) is 20.1. The van der Waals surface area contributed by atoms with Crippen molar-refractivity contribution in [2.45, 2.75) is 108 Å². The van der Waals surface area contributed by atoms with Crippen LogP contribution >= 0.6 is 24.0 Å². The predicted octanol–water partition coefficient (Wildman–Crippen LogP) is 4.38. The summed E-state index contributed by atoms with van der Waals surface area (Å²) >= 11 is 7.14. The van der Waals surface area contributed by atoms with Gasteiger partial charge in [-0.05, 0) is 51.4 Å². The lowest BCUT2D eigenvalue weighted by atomic mass is 9.91. The molecule has 0 bridgehead atoms. The van der Waals surface area contributed by atoms with E-state index in [9.17, 15) is 29.4 Å². The molecule has 2 fully saturated rings. The number of carbonyl (C=O) groups is 4. The zero-order chi connectivity index (χ0) is 45.2. The Morgan fingerprint density at radius 3 is 1.98 bits per heavy atom. The number of aliphatic hydroxyl groups excluding tert-OH is 1. The van der Waals surface area contributed by atoms with E-state index in [1.807, 2.05) is 48.5 Å². The van der Waals surface area contributed by atoms with E-state index in [0.717, 1.165) is 36.1 Å². The molecular weight excluding hydrogens is 859 g/mol. The number of nitrogens with one attached hydrogen (secondary N) is 1. The number of hydrogen-bond donors (Lipinski definition) is 3. The highest BCUT2D eigenvalue weighted by Gasteiger charge is 2.52. The summed E-state index contributed by atoms with van der Waals surface area (Å²) in [6.07, 6.45) is -7.27. The van der Waals surface area contributed by atoms with Crippen molar-refractivity contribution in [1.29, 1.82) is 0 Å². The van der Waals surface area contributed by atoms with Crippen molar-refractivity contribution in [3.8, 4) is 11.4 Å². The number of hydrogen-bond acceptors (Lipinski definition) is 18. The quantitative estimate of drug-likeness (QED) is 0.0613. The summed E-state index contributed by atoms with van der Waals surface area (Å²) in [4.78, 5) is 48.6. The fraction of sp³-hybridized carbons (Fsp3) is 0.442. The average molecular weight is 908 g/mol. The zero-order valence-corrected chi connectivity index (χ0v) is 36.8. The minimum atomic E-state index is -1.29. The Labute approximate surface area is 372 Å². The van der Waals surface area contributed by atoms with Gasteiger partial charge in [0, 0.05) is 57.9 Å². The molecule has 0 radical (unpaired) electrons. The van der Waals surface area contributed by atoms with Gasteiger partial charge in [-0.15, -0.1) is 5.10 Å². The Hall–Kier alpha value is -5.51. The molecule has 9 unspecified atom stereocenters. The molecular formula is C43H49N5O13S2. The fourth-order valence-corrected chi connectivity index (χ4v) is 8.51. The van der Waals surface area contributed by atoms with Crippen LogP contribution < -0.4 is 5.32 Å². The number of benzene rings is 3. The number of ether oxygens (including phenoxy) is 7. The van der Waals surface area contributed by atoms with Crippen molar-refractivity contribution in [3.63, 3.8) is 0 Å². The standard InChI is InChI=1S/C43H49N5O13S2/c1-23-36(22-63-43-45-46-47-48(43)32-14-16-33(54)17-15-32)60-42(61-38(23)30-10-8-29(20-49)9-11-30)31-12-6-28(7-13-31)19-44-37(62)18-34-39(56-25(3)51)41(58-27(5)53)40(57-26(4)52)35(59-34)21-55-24(2)50/h6-17,23,34-36,38-42,49,54H,18-22H2,1-5H3,(H,44,62). The van der Waals surface area contributed by atoms with E-state index in [1.54, 1.807) is 28.9 Å². The van der Waals surface area contributed by atoms with E-state index >= 15 is 0 Å². The van der Waals surface area contributed by atoms with Gasteiger partial charge < -0.3 is 48.7 Å². The zero-order valence-electron chi connectivity index (χ0n) is 35.2. The average Bonchev–Trinajstić information content (AvgIpc) is 3.72. The van der Waals surface area contributed by atoms with Gasteiger partial charge >= 0.3 is 23.9 Å². The molecule has 1 aromatic heterocycles. The monoisotopic (exact) mass is 907 g/mol. The number of phenols is 1. The Morgan fingerprint density at radius 2 is 1.37 bits per heavy atom. The lowest BCUT2D eigenvalue weighted by Gasteiger charge is -2.44. The third kappa shape index (κ3) is 12.6. The fourth-order valence-electron chi connectivity index (χ4n) is 7.22. The molecule has 3 aromatic carbocycles. The minimum absolute atomic E-state index is 0.00415. The molecule has 0 aliphatic carbocycles. The summed E-state index contributed by atoms with van der Waals surface area (Å²) in [5.74, 6) is -2.24. The number of phenolic OH excluding ortho intramolecular Hbond substituents is 1. The Balaban J connectivity index is 1.15. The maximum absolute atomic E-state index is 12.3. The van der Waals surface area contributed by atoms with E-state index < -0.39 is 60.7 Å². The molecule has 0 saturated carbocycles. The molecule has 3 heterocycles. The molecule has 18 nitrogen and oxygen atoms in total. The molecule has 63 heavy (non-hydrogen) atoms. The van der Waals surface area contributed by atoms with Crippen LogP contribution in [0.2, 0.25) is 0 Å². The number of aromatic hydroxyl groups is 1. The van der Waals surface area contributed by atoms with E-state index in [2.05, 4.69) is 27.8 Å². The number of carbonyl (C=O) groups excluding carboxylic acids is 4. The van der Waals surface area contributed by atoms with Gasteiger partial charge in [0.05, 0.1) is 29.5 Å². The van der Waals surface area contributed by atoms with Crippen molar-refractivity contribution < 1.29 is 62.5 Å². The normalized spacial score (nSPS) is 24.4. The summed E-state index contributed by atoms with van der Waals surface area (Å²) in [6.45, 7) is 6.64. The van der Waals surface area contributed by atoms with Crippen LogP contribution in [0.4, 0.5) is 0 Å². The molecule has 2 aliphatic heterocycles. The number of thiocarbonyl (C=S) groups is 1. The summed E-state index contributed by atoms with van der Waals surface area (Å²) in [6, 6.07) is 21.8. The number of tetrazole rings is 1. The lowest BCUT2D eigenvalue weighted by Crippen LogP contribution is -2.62. The number of nitrogens with zero attached hydrogens (tertiary/aromatic N) is 4. The maximum Gasteiger partial charge on any atom is 0.303 e. The van der Waals surface area contributed by atoms with E-state index in [4.69, 9.17) is 45.4 Å². The Morgan fingerprint density at radius 1 is 0.762 bits per heavy atom. The molecule has 336 valence electrons. The van der Waals surface area contributed by atoms with Gasteiger partial charge in [0.2, 0.25) is 5.16 Å². The van der Waals surface area contributed by atoms with E-state index in [1.165, 1.54) is 25.6 Å². The number of thioether (sulfide) groups is 1. The molecule has 0 spiro atoms. The minimum Gasteiger partial charge on any atom is -0.508 e. The first kappa shape index (κ1) is 47.0. The molecule has 4 aromatic rings. The summed E-state index contributed by atoms with van der Waals surface area (Å²) in [5.41, 5.74) is 4.03. The lowest BCUT2D eigenvalue weighted by molar-refractivity contribution is -0.268. The van der Waals surface area contributed by atoms with Gasteiger partial charge in [0.25, 0.3) is 0 Å². The molecule has 9 atom stereocenters. The first-order chi connectivity index (χ1) is 30.2. The van der Waals surface area contributed by atoms with Gasteiger partial charge in [0.1, 0.15) is 24.6 Å². The van der Waals surface area contributed by atoms with E-state index in [0.29, 0.717) is 28.1 Å². The van der Waals surface area contributed by atoms with Crippen LogP contribution in [0.1, 0.15) is 75.7 Å². The summed E-state index contributed by atoms with van der Waals surface area (Å²) in [5, 5.41) is 35.4. The molecule has 20 heteroatoms. The van der Waals surface area contributed by atoms with Gasteiger partial charge in [-0.25, -0.2) is 0 Å². The highest BCUT2D eigenvalue weighted by Crippen LogP contribution is 2.43. The second-order valence-corrected chi connectivity index (χ2v) is 16.5. The summed E-state index contributed by atoms with van der Waals surface area (Å²) in [7, 11) is 0. The van der Waals surface area contributed by atoms with Crippen LogP contribution in [-0.2, 0) is 65.5 Å². The largest absolute Gasteiger partial charge is 0.508 e. The van der Waals surface area contributed by atoms with Crippen LogP contribution in [0.15, 0.2) is 78.0 Å². The highest BCUT2D eigenvalue weighted by atomic mass is 32.2. The number of esters is 4. The van der Waals surface area contributed by atoms with Crippen LogP contribution in [0.3, 0.4) is 0 Å². The molecule has 2 aliphatic rings. The summed E-state index contributed by atoms with van der Waals surface area (Å²) < 4.78 is 42.8. The van der Waals surface area contributed by atoms with Gasteiger partial charge in [-0.1, -0.05) is 79.4 Å². The molecule has 0 amide bonds. The van der Waals surface area contributed by atoms with Crippen LogP contribution in [0.5, 0.6) is 5.75 Å². The van der Waals surface area contributed by atoms with Gasteiger partial charge in [0.15, 0.2) is 24.6 Å². The SMILES string of the molecule is CC(=O)OCC1OC(CC(=S)NCc2ccc(C3OC(CSc4nnnn4-c4ccc(O)cc4)C(C)C(c4ccc(CO)cc4)O3)cc2)C(OC(C)=O)C(OC(C)=O)C1OC(C)=O. The third-order valence-corrected chi connectivity index (χ3v) is 11.6. The topological polar surface area (TPSA) is 229 Å². The van der Waals surface area contributed by atoms with Crippen molar-refractivity contribution in [1.82, 2.24) is 25.5 Å². The van der Waals surface area contributed by atoms with Crippen LogP contribution in [0.25, 0.3) is 5.69 Å². The number of rotatable bonds is 16. The first-order valence-corrected chi connectivity index (χ1v) is 21.5. The Bertz CT molecular complexity index is 2210. The highest BCUT2D eigenvalue weighted by molar-refractivity contribution is 7.99. The maximum atomic E-state index is 12.3. The predicted molar refractivity (Wildman–Crippen MR) is 227 cm³/mol. The second kappa shape index (κ2) is 21.7. The number of aliphatic hydroxyl groups is 1. The smallest absolute Gasteiger partial charge is 0.303 e. The van der Waals surface area contributed by atoms with Crippen LogP contribution in [0, 0.1) is 5.92 Å². The molecule has 6 rings (SSSR count). The molecule has 3 N–H and O–H groups in total.